The van der Waals surface area contributed by atoms with Crippen LogP contribution in [0.5, 0.6) is 0 Å². The summed E-state index contributed by atoms with van der Waals surface area (Å²) in [6.07, 6.45) is 4.09. The lowest BCUT2D eigenvalue weighted by Crippen LogP contribution is -2.44. The van der Waals surface area contributed by atoms with Crippen molar-refractivity contribution in [1.29, 1.82) is 0 Å². The fourth-order valence-electron chi connectivity index (χ4n) is 3.34. The Morgan fingerprint density at radius 2 is 1.79 bits per heavy atom. The van der Waals surface area contributed by atoms with Gasteiger partial charge in [0.05, 0.1) is 0 Å². The Labute approximate surface area is 177 Å². The van der Waals surface area contributed by atoms with Crippen molar-refractivity contribution >= 4 is 23.4 Å². The molecule has 0 amide bonds. The van der Waals surface area contributed by atoms with Crippen LogP contribution in [-0.4, -0.2) is 36.0 Å². The Bertz CT molecular complexity index is 897. The number of hydrogen-bond donors (Lipinski definition) is 1. The second-order valence-corrected chi connectivity index (χ2v) is 7.79. The standard InChI is InChI=1S/C24H27ClFN3/c1-18(2)27-24-16-22(25)9-8-21(24)7-4-19(3)29-14-12-28(13-15-29)17-20-5-10-23(26)11-6-20/h4-11,16,27H,1,3,12-15,17H2,2H3/b7-4+. The predicted molar refractivity (Wildman–Crippen MR) is 121 cm³/mol. The number of benzene rings is 2. The summed E-state index contributed by atoms with van der Waals surface area (Å²) in [6, 6.07) is 12.5. The van der Waals surface area contributed by atoms with Gasteiger partial charge in [0.1, 0.15) is 5.82 Å². The average molecular weight is 412 g/mol. The summed E-state index contributed by atoms with van der Waals surface area (Å²) >= 11 is 6.12. The molecule has 1 saturated heterocycles. The summed E-state index contributed by atoms with van der Waals surface area (Å²) in [5, 5.41) is 3.93. The molecule has 1 aliphatic heterocycles. The fraction of sp³-hybridized carbons (Fsp3) is 0.250. The molecule has 0 radical (unpaired) electrons. The lowest BCUT2D eigenvalue weighted by Gasteiger charge is -2.36. The van der Waals surface area contributed by atoms with Gasteiger partial charge in [-0.25, -0.2) is 4.39 Å². The maximum absolute atomic E-state index is 13.1. The minimum absolute atomic E-state index is 0.191. The van der Waals surface area contributed by atoms with Crippen LogP contribution in [0.25, 0.3) is 6.08 Å². The first-order chi connectivity index (χ1) is 13.9. The number of nitrogens with zero attached hydrogens (tertiary/aromatic N) is 2. The molecule has 5 heteroatoms. The summed E-state index contributed by atoms with van der Waals surface area (Å²) in [5.74, 6) is -0.191. The highest BCUT2D eigenvalue weighted by Gasteiger charge is 2.17. The van der Waals surface area contributed by atoms with Crippen molar-refractivity contribution in [2.24, 2.45) is 0 Å². The molecule has 1 aliphatic rings. The molecule has 29 heavy (non-hydrogen) atoms. The molecule has 0 saturated carbocycles. The van der Waals surface area contributed by atoms with Crippen LogP contribution in [0.4, 0.5) is 10.1 Å². The molecule has 1 N–H and O–H groups in total. The first-order valence-electron chi connectivity index (χ1n) is 9.71. The van der Waals surface area contributed by atoms with E-state index < -0.39 is 0 Å². The number of halogens is 2. The highest BCUT2D eigenvalue weighted by Crippen LogP contribution is 2.24. The molecule has 3 rings (SSSR count). The Kier molecular flexibility index (Phi) is 7.13. The minimum Gasteiger partial charge on any atom is -0.369 e. The summed E-state index contributed by atoms with van der Waals surface area (Å²) in [6.45, 7) is 14.6. The highest BCUT2D eigenvalue weighted by atomic mass is 35.5. The quantitative estimate of drug-likeness (QED) is 0.583. The first kappa shape index (κ1) is 21.2. The maximum Gasteiger partial charge on any atom is 0.123 e. The van der Waals surface area contributed by atoms with Gasteiger partial charge >= 0.3 is 0 Å². The molecule has 0 spiro atoms. The van der Waals surface area contributed by atoms with E-state index in [2.05, 4.69) is 34.4 Å². The molecule has 3 nitrogen and oxygen atoms in total. The normalized spacial score (nSPS) is 14.9. The van der Waals surface area contributed by atoms with Crippen molar-refractivity contribution in [3.63, 3.8) is 0 Å². The van der Waals surface area contributed by atoms with Gasteiger partial charge in [-0.3, -0.25) is 4.90 Å². The molecule has 0 aromatic heterocycles. The van der Waals surface area contributed by atoms with Crippen LogP contribution in [-0.2, 0) is 6.54 Å². The van der Waals surface area contributed by atoms with E-state index in [9.17, 15) is 4.39 Å². The van der Waals surface area contributed by atoms with E-state index in [0.29, 0.717) is 5.02 Å². The summed E-state index contributed by atoms with van der Waals surface area (Å²) in [5.41, 5.74) is 4.95. The van der Waals surface area contributed by atoms with Gasteiger partial charge in [0.25, 0.3) is 0 Å². The first-order valence-corrected chi connectivity index (χ1v) is 10.1. The summed E-state index contributed by atoms with van der Waals surface area (Å²) in [7, 11) is 0. The van der Waals surface area contributed by atoms with E-state index in [0.717, 1.165) is 60.9 Å². The van der Waals surface area contributed by atoms with Gasteiger partial charge in [0.15, 0.2) is 0 Å². The second-order valence-electron chi connectivity index (χ2n) is 7.35. The molecule has 152 valence electrons. The van der Waals surface area contributed by atoms with Gasteiger partial charge in [0, 0.05) is 54.8 Å². The van der Waals surface area contributed by atoms with Crippen LogP contribution in [0.1, 0.15) is 18.1 Å². The highest BCUT2D eigenvalue weighted by molar-refractivity contribution is 6.31. The maximum atomic E-state index is 13.1. The van der Waals surface area contributed by atoms with Crippen molar-refractivity contribution in [3.8, 4) is 0 Å². The Morgan fingerprint density at radius 1 is 1.10 bits per heavy atom. The van der Waals surface area contributed by atoms with E-state index in [-0.39, 0.29) is 5.82 Å². The van der Waals surface area contributed by atoms with E-state index in [1.165, 1.54) is 12.1 Å². The molecule has 0 unspecified atom stereocenters. The van der Waals surface area contributed by atoms with Crippen LogP contribution in [0.2, 0.25) is 5.02 Å². The van der Waals surface area contributed by atoms with E-state index in [1.807, 2.05) is 43.3 Å². The van der Waals surface area contributed by atoms with Crippen LogP contribution >= 0.6 is 11.6 Å². The zero-order valence-corrected chi connectivity index (χ0v) is 17.6. The van der Waals surface area contributed by atoms with Gasteiger partial charge in [-0.2, -0.15) is 0 Å². The number of rotatable bonds is 7. The molecule has 1 heterocycles. The Morgan fingerprint density at radius 3 is 2.45 bits per heavy atom. The zero-order valence-electron chi connectivity index (χ0n) is 16.8. The van der Waals surface area contributed by atoms with Crippen LogP contribution < -0.4 is 5.32 Å². The van der Waals surface area contributed by atoms with Crippen molar-refractivity contribution in [2.75, 3.05) is 31.5 Å². The van der Waals surface area contributed by atoms with Crippen molar-refractivity contribution in [1.82, 2.24) is 9.80 Å². The predicted octanol–water partition coefficient (Wildman–Crippen LogP) is 5.77. The van der Waals surface area contributed by atoms with Gasteiger partial charge in [-0.05, 0) is 48.4 Å². The molecule has 0 aliphatic carbocycles. The molecule has 1 fully saturated rings. The number of hydrogen-bond acceptors (Lipinski definition) is 3. The third kappa shape index (κ3) is 6.21. The van der Waals surface area contributed by atoms with E-state index in [4.69, 9.17) is 11.6 Å². The molecule has 2 aromatic carbocycles. The van der Waals surface area contributed by atoms with Gasteiger partial charge in [-0.1, -0.05) is 49.0 Å². The monoisotopic (exact) mass is 411 g/mol. The van der Waals surface area contributed by atoms with Crippen molar-refractivity contribution < 1.29 is 4.39 Å². The van der Waals surface area contributed by atoms with Gasteiger partial charge in [0.2, 0.25) is 0 Å². The largest absolute Gasteiger partial charge is 0.369 e. The van der Waals surface area contributed by atoms with E-state index in [1.54, 1.807) is 0 Å². The average Bonchev–Trinajstić information content (AvgIpc) is 2.69. The summed E-state index contributed by atoms with van der Waals surface area (Å²) in [4.78, 5) is 4.67. The number of anilines is 1. The zero-order chi connectivity index (χ0) is 20.8. The molecular weight excluding hydrogens is 385 g/mol. The van der Waals surface area contributed by atoms with Crippen LogP contribution in [0, 0.1) is 5.82 Å². The third-order valence-corrected chi connectivity index (χ3v) is 5.15. The Balaban J connectivity index is 1.56. The SMILES string of the molecule is C=C(C)Nc1cc(Cl)ccc1/C=C/C(=C)N1CCN(Cc2ccc(F)cc2)CC1. The molecule has 0 bridgehead atoms. The number of allylic oxidation sites excluding steroid dienone is 2. The third-order valence-electron chi connectivity index (χ3n) is 4.92. The lowest BCUT2D eigenvalue weighted by atomic mass is 10.1. The molecule has 2 aromatic rings. The fourth-order valence-corrected chi connectivity index (χ4v) is 3.52. The van der Waals surface area contributed by atoms with E-state index >= 15 is 0 Å². The van der Waals surface area contributed by atoms with Crippen LogP contribution in [0.15, 0.2) is 73.1 Å². The lowest BCUT2D eigenvalue weighted by molar-refractivity contribution is 0.156. The smallest absolute Gasteiger partial charge is 0.123 e. The molecular formula is C24H27ClFN3. The number of nitrogens with one attached hydrogen (secondary N) is 1. The van der Waals surface area contributed by atoms with Crippen LogP contribution in [0.3, 0.4) is 0 Å². The Hall–Kier alpha value is -2.56. The number of piperazine rings is 1. The van der Waals surface area contributed by atoms with Gasteiger partial charge in [-0.15, -0.1) is 0 Å². The minimum atomic E-state index is -0.191. The van der Waals surface area contributed by atoms with Gasteiger partial charge < -0.3 is 10.2 Å². The second kappa shape index (κ2) is 9.77. The molecule has 0 atom stereocenters. The topological polar surface area (TPSA) is 18.5 Å². The van der Waals surface area contributed by atoms with Crippen molar-refractivity contribution in [2.45, 2.75) is 13.5 Å². The van der Waals surface area contributed by atoms with Crippen molar-refractivity contribution in [3.05, 3.63) is 95.1 Å². The summed E-state index contributed by atoms with van der Waals surface area (Å²) < 4.78 is 13.1.